The van der Waals surface area contributed by atoms with Crippen LogP contribution >= 0.6 is 0 Å². The van der Waals surface area contributed by atoms with Gasteiger partial charge in [-0.2, -0.15) is 4.31 Å². The molecule has 3 heterocycles. The molecule has 2 aliphatic rings. The largest absolute Gasteiger partial charge is 0.381 e. The first-order chi connectivity index (χ1) is 14.2. The zero-order valence-electron chi connectivity index (χ0n) is 17.1. The molecule has 1 aromatic heterocycles. The van der Waals surface area contributed by atoms with Crippen LogP contribution in [0.25, 0.3) is 0 Å². The Morgan fingerprint density at radius 3 is 2.63 bits per heavy atom. The van der Waals surface area contributed by atoms with E-state index in [0.717, 1.165) is 30.6 Å². The van der Waals surface area contributed by atoms with Gasteiger partial charge in [-0.25, -0.2) is 17.2 Å². The molecule has 1 atom stereocenters. The fraction of sp³-hybridized carbons (Fsp3) is 0.600. The molecule has 30 heavy (non-hydrogen) atoms. The number of rotatable bonds is 5. The summed E-state index contributed by atoms with van der Waals surface area (Å²) in [6.07, 6.45) is 3.10. The molecular formula is C20H26F2N4O3S. The second-order valence-corrected chi connectivity index (χ2v) is 10.6. The molecule has 0 N–H and O–H groups in total. The second-order valence-electron chi connectivity index (χ2n) is 8.64. The van der Waals surface area contributed by atoms with E-state index in [1.54, 1.807) is 6.33 Å². The molecular weight excluding hydrogens is 414 g/mol. The van der Waals surface area contributed by atoms with Crippen LogP contribution in [-0.2, 0) is 21.3 Å². The molecule has 1 spiro atoms. The van der Waals surface area contributed by atoms with Crippen LogP contribution in [0.1, 0.15) is 38.4 Å². The molecule has 0 aliphatic carbocycles. The van der Waals surface area contributed by atoms with Gasteiger partial charge in [0.1, 0.15) is 12.2 Å². The summed E-state index contributed by atoms with van der Waals surface area (Å²) >= 11 is 0. The maximum absolute atomic E-state index is 13.7. The van der Waals surface area contributed by atoms with Gasteiger partial charge < -0.3 is 9.30 Å². The molecule has 2 aliphatic heterocycles. The van der Waals surface area contributed by atoms with Crippen LogP contribution in [-0.4, -0.2) is 53.8 Å². The lowest BCUT2D eigenvalue weighted by Gasteiger charge is -2.37. The number of aromatic nitrogens is 3. The summed E-state index contributed by atoms with van der Waals surface area (Å²) in [4.78, 5) is -0.243. The van der Waals surface area contributed by atoms with Gasteiger partial charge in [-0.3, -0.25) is 0 Å². The Kier molecular flexibility index (Phi) is 5.67. The Hall–Kier alpha value is -1.91. The lowest BCUT2D eigenvalue weighted by Crippen LogP contribution is -2.38. The fourth-order valence-electron chi connectivity index (χ4n) is 4.60. The maximum atomic E-state index is 13.7. The van der Waals surface area contributed by atoms with E-state index in [1.165, 1.54) is 4.31 Å². The highest BCUT2D eigenvalue weighted by Crippen LogP contribution is 2.50. The van der Waals surface area contributed by atoms with Crippen LogP contribution in [0.5, 0.6) is 0 Å². The van der Waals surface area contributed by atoms with Crippen molar-refractivity contribution in [1.29, 1.82) is 0 Å². The molecule has 4 rings (SSSR count). The fourth-order valence-corrected chi connectivity index (χ4v) is 6.16. The number of hydrogen-bond acceptors (Lipinski definition) is 5. The first kappa shape index (κ1) is 21.3. The molecule has 2 fully saturated rings. The molecule has 0 amide bonds. The normalized spacial score (nSPS) is 22.2. The van der Waals surface area contributed by atoms with Gasteiger partial charge in [0.2, 0.25) is 10.0 Å². The van der Waals surface area contributed by atoms with E-state index in [-0.39, 0.29) is 29.3 Å². The number of benzene rings is 1. The monoisotopic (exact) mass is 440 g/mol. The summed E-state index contributed by atoms with van der Waals surface area (Å²) in [5, 5.41) is 8.44. The van der Waals surface area contributed by atoms with Crippen molar-refractivity contribution in [2.75, 3.05) is 26.3 Å². The summed E-state index contributed by atoms with van der Waals surface area (Å²) in [7, 11) is -3.98. The quantitative estimate of drug-likeness (QED) is 0.715. The summed E-state index contributed by atoms with van der Waals surface area (Å²) in [6, 6.07) is 2.70. The summed E-state index contributed by atoms with van der Waals surface area (Å²) in [5.74, 6) is -1.25. The molecule has 10 heteroatoms. The van der Waals surface area contributed by atoms with Gasteiger partial charge in [0.25, 0.3) is 0 Å². The highest BCUT2D eigenvalue weighted by Gasteiger charge is 2.52. The lowest BCUT2D eigenvalue weighted by molar-refractivity contribution is 0.0129. The molecule has 7 nitrogen and oxygen atoms in total. The van der Waals surface area contributed by atoms with Crippen molar-refractivity contribution in [2.45, 2.75) is 44.0 Å². The van der Waals surface area contributed by atoms with Crippen molar-refractivity contribution in [3.8, 4) is 0 Å². The van der Waals surface area contributed by atoms with E-state index < -0.39 is 21.7 Å². The predicted molar refractivity (Wildman–Crippen MR) is 105 cm³/mol. The van der Waals surface area contributed by atoms with E-state index >= 15 is 0 Å². The molecule has 1 unspecified atom stereocenters. The molecule has 0 radical (unpaired) electrons. The number of hydrogen-bond donors (Lipinski definition) is 0. The Bertz CT molecular complexity index is 1020. The molecule has 0 saturated carbocycles. The van der Waals surface area contributed by atoms with Crippen LogP contribution in [0.4, 0.5) is 8.78 Å². The maximum Gasteiger partial charge on any atom is 0.243 e. The number of nitrogens with zero attached hydrogens (tertiary/aromatic N) is 4. The topological polar surface area (TPSA) is 77.3 Å². The average molecular weight is 441 g/mol. The van der Waals surface area contributed by atoms with Gasteiger partial charge in [-0.15, -0.1) is 10.2 Å². The smallest absolute Gasteiger partial charge is 0.243 e. The average Bonchev–Trinajstić information content (AvgIpc) is 3.29. The van der Waals surface area contributed by atoms with Gasteiger partial charge >= 0.3 is 0 Å². The van der Waals surface area contributed by atoms with Crippen molar-refractivity contribution in [1.82, 2.24) is 19.1 Å². The summed E-state index contributed by atoms with van der Waals surface area (Å²) in [6.45, 7) is 6.54. The number of halogens is 2. The van der Waals surface area contributed by atoms with Crippen molar-refractivity contribution >= 4 is 10.0 Å². The van der Waals surface area contributed by atoms with E-state index in [1.807, 2.05) is 4.57 Å². The predicted octanol–water partition coefficient (Wildman–Crippen LogP) is 2.80. The van der Waals surface area contributed by atoms with Gasteiger partial charge in [0, 0.05) is 38.8 Å². The van der Waals surface area contributed by atoms with Crippen LogP contribution in [0.15, 0.2) is 29.4 Å². The molecule has 1 aromatic carbocycles. The SMILES string of the molecule is CC(C)Cn1cnnc1C1CN(S(=O)(=O)c2ccc(F)c(F)c2)CC12CCOCC2. The minimum atomic E-state index is -3.98. The van der Waals surface area contributed by atoms with E-state index in [0.29, 0.717) is 32.0 Å². The van der Waals surface area contributed by atoms with Crippen molar-refractivity contribution in [2.24, 2.45) is 11.3 Å². The van der Waals surface area contributed by atoms with Crippen molar-refractivity contribution in [3.05, 3.63) is 42.0 Å². The minimum absolute atomic E-state index is 0.150. The standard InChI is InChI=1S/C20H26F2N4O3S/c1-14(2)10-25-13-23-24-19(25)16-11-26(12-20(16)5-7-29-8-6-20)30(27,28)15-3-4-17(21)18(22)9-15/h3-4,9,13-14,16H,5-8,10-12H2,1-2H3. The van der Waals surface area contributed by atoms with E-state index in [9.17, 15) is 17.2 Å². The van der Waals surface area contributed by atoms with Crippen LogP contribution < -0.4 is 0 Å². The molecule has 2 saturated heterocycles. The summed E-state index contributed by atoms with van der Waals surface area (Å²) in [5.41, 5.74) is -0.328. The number of sulfonamides is 1. The first-order valence-corrected chi connectivity index (χ1v) is 11.6. The minimum Gasteiger partial charge on any atom is -0.381 e. The Balaban J connectivity index is 1.71. The highest BCUT2D eigenvalue weighted by atomic mass is 32.2. The summed E-state index contributed by atoms with van der Waals surface area (Å²) < 4.78 is 62.5. The Labute approximate surface area is 175 Å². The van der Waals surface area contributed by atoms with Crippen LogP contribution in [0.3, 0.4) is 0 Å². The third kappa shape index (κ3) is 3.76. The van der Waals surface area contributed by atoms with Gasteiger partial charge in [0.05, 0.1) is 4.90 Å². The van der Waals surface area contributed by atoms with Gasteiger partial charge in [0.15, 0.2) is 11.6 Å². The first-order valence-electron chi connectivity index (χ1n) is 10.1. The Morgan fingerprint density at radius 2 is 1.97 bits per heavy atom. The molecule has 2 aromatic rings. The van der Waals surface area contributed by atoms with Crippen molar-refractivity contribution < 1.29 is 21.9 Å². The second kappa shape index (κ2) is 7.97. The van der Waals surface area contributed by atoms with Crippen molar-refractivity contribution in [3.63, 3.8) is 0 Å². The highest BCUT2D eigenvalue weighted by molar-refractivity contribution is 7.89. The van der Waals surface area contributed by atoms with Gasteiger partial charge in [-0.05, 0) is 42.4 Å². The van der Waals surface area contributed by atoms with E-state index in [4.69, 9.17) is 4.74 Å². The third-order valence-electron chi connectivity index (χ3n) is 6.15. The Morgan fingerprint density at radius 1 is 1.23 bits per heavy atom. The zero-order valence-corrected chi connectivity index (χ0v) is 17.9. The van der Waals surface area contributed by atoms with Gasteiger partial charge in [-0.1, -0.05) is 13.8 Å². The number of ether oxygens (including phenoxy) is 1. The third-order valence-corrected chi connectivity index (χ3v) is 7.96. The van der Waals surface area contributed by atoms with Crippen LogP contribution in [0, 0.1) is 23.0 Å². The van der Waals surface area contributed by atoms with E-state index in [2.05, 4.69) is 24.0 Å². The molecule has 164 valence electrons. The molecule has 0 bridgehead atoms. The zero-order chi connectivity index (χ0) is 21.5. The van der Waals surface area contributed by atoms with Crippen LogP contribution in [0.2, 0.25) is 0 Å². The lowest BCUT2D eigenvalue weighted by atomic mass is 9.71.